The highest BCUT2D eigenvalue weighted by Gasteiger charge is 2.07. The lowest BCUT2D eigenvalue weighted by atomic mass is 10.2. The first-order valence-corrected chi connectivity index (χ1v) is 6.76. The molecule has 0 saturated heterocycles. The molecule has 17 heavy (non-hydrogen) atoms. The van der Waals surface area contributed by atoms with E-state index in [1.165, 1.54) is 4.88 Å². The zero-order valence-electron chi connectivity index (χ0n) is 9.90. The summed E-state index contributed by atoms with van der Waals surface area (Å²) in [5.41, 5.74) is 1.13. The number of hydrogen-bond acceptors (Lipinski definition) is 3. The van der Waals surface area contributed by atoms with Gasteiger partial charge in [-0.15, -0.1) is 11.3 Å². The van der Waals surface area contributed by atoms with Crippen LogP contribution in [0.15, 0.2) is 30.5 Å². The van der Waals surface area contributed by atoms with Crippen molar-refractivity contribution in [2.75, 3.05) is 7.05 Å². The summed E-state index contributed by atoms with van der Waals surface area (Å²) in [7, 11) is 1.98. The predicted octanol–water partition coefficient (Wildman–Crippen LogP) is 3.61. The van der Waals surface area contributed by atoms with Crippen LogP contribution in [-0.2, 0) is 6.42 Å². The highest BCUT2D eigenvalue weighted by Crippen LogP contribution is 2.26. The van der Waals surface area contributed by atoms with E-state index in [2.05, 4.69) is 17.2 Å². The summed E-state index contributed by atoms with van der Waals surface area (Å²) in [4.78, 5) is 5.75. The van der Waals surface area contributed by atoms with Gasteiger partial charge in [0.15, 0.2) is 0 Å². The standard InChI is InChI=1S/C13H15ClN2S/c1-9(15-2)7-12-8-16-13(17-12)10-3-5-11(14)6-4-10/h3-6,8-9,15H,7H2,1-2H3. The average molecular weight is 267 g/mol. The second-order valence-corrected chi connectivity index (χ2v) is 5.58. The molecule has 0 fully saturated rings. The molecule has 0 aliphatic carbocycles. The van der Waals surface area contributed by atoms with Crippen molar-refractivity contribution < 1.29 is 0 Å². The number of benzene rings is 1. The zero-order valence-corrected chi connectivity index (χ0v) is 11.5. The Morgan fingerprint density at radius 3 is 2.71 bits per heavy atom. The normalized spacial score (nSPS) is 12.6. The van der Waals surface area contributed by atoms with Gasteiger partial charge in [-0.1, -0.05) is 23.7 Å². The number of aromatic nitrogens is 1. The Balaban J connectivity index is 2.15. The van der Waals surface area contributed by atoms with E-state index in [0.29, 0.717) is 6.04 Å². The molecule has 0 spiro atoms. The van der Waals surface area contributed by atoms with Gasteiger partial charge in [0, 0.05) is 27.7 Å². The highest BCUT2D eigenvalue weighted by molar-refractivity contribution is 7.15. The third-order valence-corrected chi connectivity index (χ3v) is 3.97. The molecule has 0 amide bonds. The van der Waals surface area contributed by atoms with Gasteiger partial charge in [-0.2, -0.15) is 0 Å². The molecule has 2 aromatic rings. The first-order chi connectivity index (χ1) is 8.19. The molecular formula is C13H15ClN2S. The van der Waals surface area contributed by atoms with Gasteiger partial charge in [-0.05, 0) is 32.5 Å². The number of likely N-dealkylation sites (N-methyl/N-ethyl adjacent to an activating group) is 1. The number of halogens is 1. The van der Waals surface area contributed by atoms with Crippen molar-refractivity contribution in [3.8, 4) is 10.6 Å². The Hall–Kier alpha value is -0.900. The monoisotopic (exact) mass is 266 g/mol. The summed E-state index contributed by atoms with van der Waals surface area (Å²) in [6, 6.07) is 8.29. The minimum absolute atomic E-state index is 0.480. The topological polar surface area (TPSA) is 24.9 Å². The van der Waals surface area contributed by atoms with Crippen LogP contribution in [0.1, 0.15) is 11.8 Å². The number of hydrogen-bond donors (Lipinski definition) is 1. The molecule has 1 aromatic heterocycles. The third-order valence-electron chi connectivity index (χ3n) is 2.64. The molecule has 0 saturated carbocycles. The first-order valence-electron chi connectivity index (χ1n) is 5.57. The van der Waals surface area contributed by atoms with Crippen LogP contribution in [0.3, 0.4) is 0 Å². The average Bonchev–Trinajstić information content (AvgIpc) is 2.78. The molecule has 1 aromatic carbocycles. The summed E-state index contributed by atoms with van der Waals surface area (Å²) in [6.45, 7) is 2.17. The van der Waals surface area contributed by atoms with Crippen LogP contribution in [-0.4, -0.2) is 18.1 Å². The van der Waals surface area contributed by atoms with E-state index in [1.54, 1.807) is 11.3 Å². The number of rotatable bonds is 4. The number of nitrogens with one attached hydrogen (secondary N) is 1. The van der Waals surface area contributed by atoms with Crippen molar-refractivity contribution in [3.05, 3.63) is 40.4 Å². The van der Waals surface area contributed by atoms with E-state index in [-0.39, 0.29) is 0 Å². The largest absolute Gasteiger partial charge is 0.317 e. The lowest BCUT2D eigenvalue weighted by molar-refractivity contribution is 0.612. The van der Waals surface area contributed by atoms with Gasteiger partial charge in [0.05, 0.1) is 0 Å². The van der Waals surface area contributed by atoms with Gasteiger partial charge in [0.2, 0.25) is 0 Å². The summed E-state index contributed by atoms with van der Waals surface area (Å²) >= 11 is 7.61. The predicted molar refractivity (Wildman–Crippen MR) is 74.8 cm³/mol. The maximum atomic E-state index is 5.87. The lowest BCUT2D eigenvalue weighted by Crippen LogP contribution is -2.22. The van der Waals surface area contributed by atoms with Crippen molar-refractivity contribution in [1.82, 2.24) is 10.3 Å². The number of thiazole rings is 1. The second kappa shape index (κ2) is 5.63. The van der Waals surface area contributed by atoms with Gasteiger partial charge in [-0.25, -0.2) is 4.98 Å². The van der Waals surface area contributed by atoms with Crippen molar-refractivity contribution in [2.24, 2.45) is 0 Å². The molecule has 1 atom stereocenters. The molecule has 2 rings (SSSR count). The molecule has 1 unspecified atom stereocenters. The van der Waals surface area contributed by atoms with Crippen LogP contribution in [0, 0.1) is 0 Å². The summed E-state index contributed by atoms with van der Waals surface area (Å²) < 4.78 is 0. The van der Waals surface area contributed by atoms with Gasteiger partial charge >= 0.3 is 0 Å². The van der Waals surface area contributed by atoms with Crippen LogP contribution >= 0.6 is 22.9 Å². The molecule has 4 heteroatoms. The molecule has 2 nitrogen and oxygen atoms in total. The Labute approximate surface area is 111 Å². The van der Waals surface area contributed by atoms with E-state index < -0.39 is 0 Å². The fourth-order valence-electron chi connectivity index (χ4n) is 1.53. The molecule has 90 valence electrons. The number of nitrogens with zero attached hydrogens (tertiary/aromatic N) is 1. The van der Waals surface area contributed by atoms with Gasteiger partial charge in [0.25, 0.3) is 0 Å². The summed E-state index contributed by atoms with van der Waals surface area (Å²) in [6.07, 6.45) is 2.98. The molecule has 0 bridgehead atoms. The van der Waals surface area contributed by atoms with E-state index in [9.17, 15) is 0 Å². The minimum atomic E-state index is 0.480. The Morgan fingerprint density at radius 2 is 2.06 bits per heavy atom. The molecular weight excluding hydrogens is 252 g/mol. The van der Waals surface area contributed by atoms with Gasteiger partial charge in [0.1, 0.15) is 5.01 Å². The Morgan fingerprint density at radius 1 is 1.35 bits per heavy atom. The molecule has 0 aliphatic rings. The van der Waals surface area contributed by atoms with E-state index in [1.807, 2.05) is 37.5 Å². The van der Waals surface area contributed by atoms with Crippen LogP contribution in [0.4, 0.5) is 0 Å². The smallest absolute Gasteiger partial charge is 0.123 e. The van der Waals surface area contributed by atoms with Crippen molar-refractivity contribution in [2.45, 2.75) is 19.4 Å². The third kappa shape index (κ3) is 3.28. The van der Waals surface area contributed by atoms with Crippen LogP contribution in [0.5, 0.6) is 0 Å². The van der Waals surface area contributed by atoms with E-state index >= 15 is 0 Å². The fraction of sp³-hybridized carbons (Fsp3) is 0.308. The van der Waals surface area contributed by atoms with Gasteiger partial charge in [-0.3, -0.25) is 0 Å². The van der Waals surface area contributed by atoms with Crippen LogP contribution in [0.25, 0.3) is 10.6 Å². The summed E-state index contributed by atoms with van der Waals surface area (Å²) in [5, 5.41) is 5.05. The lowest BCUT2D eigenvalue weighted by Gasteiger charge is -2.06. The van der Waals surface area contributed by atoms with Crippen LogP contribution < -0.4 is 5.32 Å². The van der Waals surface area contributed by atoms with Crippen molar-refractivity contribution in [3.63, 3.8) is 0 Å². The fourth-order valence-corrected chi connectivity index (χ4v) is 2.70. The van der Waals surface area contributed by atoms with Crippen LogP contribution in [0.2, 0.25) is 5.02 Å². The second-order valence-electron chi connectivity index (χ2n) is 4.03. The SMILES string of the molecule is CNC(C)Cc1cnc(-c2ccc(Cl)cc2)s1. The summed E-state index contributed by atoms with van der Waals surface area (Å²) in [5.74, 6) is 0. The Kier molecular flexibility index (Phi) is 4.15. The highest BCUT2D eigenvalue weighted by atomic mass is 35.5. The van der Waals surface area contributed by atoms with Gasteiger partial charge < -0.3 is 5.32 Å². The maximum absolute atomic E-state index is 5.87. The Bertz CT molecular complexity index is 478. The maximum Gasteiger partial charge on any atom is 0.123 e. The first kappa shape index (κ1) is 12.6. The van der Waals surface area contributed by atoms with Crippen molar-refractivity contribution in [1.29, 1.82) is 0 Å². The van der Waals surface area contributed by atoms with E-state index in [0.717, 1.165) is 22.0 Å². The molecule has 0 aliphatic heterocycles. The zero-order chi connectivity index (χ0) is 12.3. The molecule has 1 heterocycles. The molecule has 1 N–H and O–H groups in total. The minimum Gasteiger partial charge on any atom is -0.317 e. The van der Waals surface area contributed by atoms with Crippen molar-refractivity contribution >= 4 is 22.9 Å². The quantitative estimate of drug-likeness (QED) is 0.914. The van der Waals surface area contributed by atoms with E-state index in [4.69, 9.17) is 11.6 Å². The molecule has 0 radical (unpaired) electrons.